The summed E-state index contributed by atoms with van der Waals surface area (Å²) in [6.07, 6.45) is 4.13. The topological polar surface area (TPSA) is 15.3 Å². The molecule has 0 unspecified atom stereocenters. The first-order valence-corrected chi connectivity index (χ1v) is 6.92. The summed E-state index contributed by atoms with van der Waals surface area (Å²) in [5.41, 5.74) is 0.974. The Kier molecular flexibility index (Phi) is 3.33. The summed E-state index contributed by atoms with van der Waals surface area (Å²) in [5.74, 6) is 0. The fourth-order valence-electron chi connectivity index (χ4n) is 3.26. The van der Waals surface area contributed by atoms with Crippen molar-refractivity contribution in [1.82, 2.24) is 10.2 Å². The molecule has 2 nitrogen and oxygen atoms in total. The van der Waals surface area contributed by atoms with Gasteiger partial charge in [0.05, 0.1) is 0 Å². The van der Waals surface area contributed by atoms with E-state index in [1.165, 1.54) is 45.4 Å². The maximum atomic E-state index is 3.73. The van der Waals surface area contributed by atoms with Gasteiger partial charge in [-0.1, -0.05) is 27.7 Å². The molecule has 1 heterocycles. The van der Waals surface area contributed by atoms with Crippen molar-refractivity contribution < 1.29 is 0 Å². The molecule has 2 aliphatic rings. The van der Waals surface area contributed by atoms with Gasteiger partial charge < -0.3 is 10.2 Å². The highest BCUT2D eigenvalue weighted by atomic mass is 15.1. The molecule has 1 N–H and O–H groups in total. The number of rotatable bonds is 5. The Balaban J connectivity index is 1.59. The molecular weight excluding hydrogens is 196 g/mol. The standard InChI is InChI=1S/C14H28N2/c1-13(2)12(14(13,3)4)15-8-7-11-16-9-5-6-10-16/h12,15H,5-11H2,1-4H3. The molecule has 2 heteroatoms. The van der Waals surface area contributed by atoms with Crippen molar-refractivity contribution in [2.45, 2.75) is 53.0 Å². The summed E-state index contributed by atoms with van der Waals surface area (Å²) >= 11 is 0. The molecule has 0 aromatic heterocycles. The van der Waals surface area contributed by atoms with Gasteiger partial charge in [-0.3, -0.25) is 0 Å². The number of nitrogens with one attached hydrogen (secondary N) is 1. The molecule has 0 aromatic rings. The first-order valence-electron chi connectivity index (χ1n) is 6.92. The highest BCUT2D eigenvalue weighted by Crippen LogP contribution is 2.62. The van der Waals surface area contributed by atoms with E-state index in [0.29, 0.717) is 10.8 Å². The molecule has 0 radical (unpaired) electrons. The largest absolute Gasteiger partial charge is 0.313 e. The lowest BCUT2D eigenvalue weighted by Crippen LogP contribution is -2.28. The van der Waals surface area contributed by atoms with Crippen LogP contribution in [-0.4, -0.2) is 37.1 Å². The summed E-state index contributed by atoms with van der Waals surface area (Å²) in [7, 11) is 0. The molecule has 1 saturated carbocycles. The Bertz CT molecular complexity index is 225. The summed E-state index contributed by atoms with van der Waals surface area (Å²) in [4.78, 5) is 2.60. The third-order valence-corrected chi connectivity index (χ3v) is 5.22. The zero-order valence-electron chi connectivity index (χ0n) is 11.5. The van der Waals surface area contributed by atoms with Crippen LogP contribution in [0.25, 0.3) is 0 Å². The fraction of sp³-hybridized carbons (Fsp3) is 1.00. The molecule has 94 valence electrons. The molecular formula is C14H28N2. The van der Waals surface area contributed by atoms with Gasteiger partial charge in [0.25, 0.3) is 0 Å². The van der Waals surface area contributed by atoms with E-state index in [1.807, 2.05) is 0 Å². The number of hydrogen-bond donors (Lipinski definition) is 1. The number of hydrogen-bond acceptors (Lipinski definition) is 2. The van der Waals surface area contributed by atoms with Crippen molar-refractivity contribution in [2.75, 3.05) is 26.2 Å². The molecule has 1 saturated heterocycles. The van der Waals surface area contributed by atoms with Gasteiger partial charge in [0.1, 0.15) is 0 Å². The molecule has 0 bridgehead atoms. The Hall–Kier alpha value is -0.0800. The van der Waals surface area contributed by atoms with Gasteiger partial charge in [0.2, 0.25) is 0 Å². The van der Waals surface area contributed by atoms with Crippen LogP contribution in [0.3, 0.4) is 0 Å². The third kappa shape index (κ3) is 2.14. The average Bonchev–Trinajstić information content (AvgIpc) is 2.64. The van der Waals surface area contributed by atoms with Crippen molar-refractivity contribution >= 4 is 0 Å². The predicted octanol–water partition coefficient (Wildman–Crippen LogP) is 2.50. The average molecular weight is 224 g/mol. The molecule has 0 spiro atoms. The first kappa shape index (κ1) is 12.4. The van der Waals surface area contributed by atoms with E-state index in [-0.39, 0.29) is 0 Å². The molecule has 2 fully saturated rings. The summed E-state index contributed by atoms with van der Waals surface area (Å²) in [6.45, 7) is 14.7. The number of likely N-dealkylation sites (tertiary alicyclic amines) is 1. The van der Waals surface area contributed by atoms with Gasteiger partial charge in [-0.15, -0.1) is 0 Å². The quantitative estimate of drug-likeness (QED) is 0.722. The molecule has 1 aliphatic carbocycles. The minimum absolute atomic E-state index is 0.487. The summed E-state index contributed by atoms with van der Waals surface area (Å²) < 4.78 is 0. The Morgan fingerprint density at radius 1 is 1.06 bits per heavy atom. The van der Waals surface area contributed by atoms with Crippen LogP contribution in [0, 0.1) is 10.8 Å². The zero-order chi connectivity index (χ0) is 11.8. The van der Waals surface area contributed by atoms with E-state index in [0.717, 1.165) is 6.04 Å². The van der Waals surface area contributed by atoms with Crippen LogP contribution in [-0.2, 0) is 0 Å². The maximum Gasteiger partial charge on any atom is 0.0181 e. The van der Waals surface area contributed by atoms with Crippen LogP contribution in [0.1, 0.15) is 47.0 Å². The lowest BCUT2D eigenvalue weighted by Gasteiger charge is -2.14. The Morgan fingerprint density at radius 3 is 2.12 bits per heavy atom. The highest BCUT2D eigenvalue weighted by molar-refractivity contribution is 5.17. The van der Waals surface area contributed by atoms with Gasteiger partial charge in [-0.05, 0) is 56.3 Å². The minimum atomic E-state index is 0.487. The van der Waals surface area contributed by atoms with E-state index in [4.69, 9.17) is 0 Å². The first-order chi connectivity index (χ1) is 7.46. The molecule has 0 amide bonds. The van der Waals surface area contributed by atoms with Crippen molar-refractivity contribution in [3.63, 3.8) is 0 Å². The molecule has 0 aromatic carbocycles. The highest BCUT2D eigenvalue weighted by Gasteiger charge is 2.64. The second-order valence-corrected chi connectivity index (χ2v) is 6.73. The van der Waals surface area contributed by atoms with E-state index in [2.05, 4.69) is 37.9 Å². The van der Waals surface area contributed by atoms with Crippen LogP contribution < -0.4 is 5.32 Å². The van der Waals surface area contributed by atoms with Crippen molar-refractivity contribution in [2.24, 2.45) is 10.8 Å². The van der Waals surface area contributed by atoms with E-state index < -0.39 is 0 Å². The third-order valence-electron chi connectivity index (χ3n) is 5.22. The van der Waals surface area contributed by atoms with Crippen molar-refractivity contribution in [1.29, 1.82) is 0 Å². The minimum Gasteiger partial charge on any atom is -0.313 e. The SMILES string of the molecule is CC1(C)C(NCCCN2CCCC2)C1(C)C. The summed E-state index contributed by atoms with van der Waals surface area (Å²) in [6, 6.07) is 0.721. The van der Waals surface area contributed by atoms with Gasteiger partial charge in [0.15, 0.2) is 0 Å². The monoisotopic (exact) mass is 224 g/mol. The fourth-order valence-corrected chi connectivity index (χ4v) is 3.26. The maximum absolute atomic E-state index is 3.73. The van der Waals surface area contributed by atoms with Gasteiger partial charge >= 0.3 is 0 Å². The summed E-state index contributed by atoms with van der Waals surface area (Å²) in [5, 5.41) is 3.73. The molecule has 2 rings (SSSR count). The van der Waals surface area contributed by atoms with E-state index in [9.17, 15) is 0 Å². The van der Waals surface area contributed by atoms with E-state index >= 15 is 0 Å². The molecule has 0 atom stereocenters. The lowest BCUT2D eigenvalue weighted by atomic mass is 10.0. The molecule has 1 aliphatic heterocycles. The van der Waals surface area contributed by atoms with Gasteiger partial charge in [-0.25, -0.2) is 0 Å². The van der Waals surface area contributed by atoms with Crippen LogP contribution in [0.2, 0.25) is 0 Å². The van der Waals surface area contributed by atoms with Crippen LogP contribution in [0.4, 0.5) is 0 Å². The smallest absolute Gasteiger partial charge is 0.0181 e. The van der Waals surface area contributed by atoms with Crippen molar-refractivity contribution in [3.05, 3.63) is 0 Å². The Labute approximate surface area is 101 Å². The van der Waals surface area contributed by atoms with Gasteiger partial charge in [-0.2, -0.15) is 0 Å². The normalized spacial score (nSPS) is 28.5. The van der Waals surface area contributed by atoms with Crippen LogP contribution in [0.5, 0.6) is 0 Å². The van der Waals surface area contributed by atoms with Crippen molar-refractivity contribution in [3.8, 4) is 0 Å². The predicted molar refractivity (Wildman–Crippen MR) is 69.6 cm³/mol. The number of nitrogens with zero attached hydrogens (tertiary/aromatic N) is 1. The lowest BCUT2D eigenvalue weighted by molar-refractivity contribution is 0.329. The molecule has 16 heavy (non-hydrogen) atoms. The van der Waals surface area contributed by atoms with E-state index in [1.54, 1.807) is 0 Å². The Morgan fingerprint density at radius 2 is 1.62 bits per heavy atom. The van der Waals surface area contributed by atoms with Crippen LogP contribution >= 0.6 is 0 Å². The second kappa shape index (κ2) is 4.30. The van der Waals surface area contributed by atoms with Crippen LogP contribution in [0.15, 0.2) is 0 Å². The second-order valence-electron chi connectivity index (χ2n) is 6.73. The zero-order valence-corrected chi connectivity index (χ0v) is 11.5. The van der Waals surface area contributed by atoms with Gasteiger partial charge in [0, 0.05) is 6.04 Å².